The van der Waals surface area contributed by atoms with Gasteiger partial charge in [-0.1, -0.05) is 17.3 Å². The van der Waals surface area contributed by atoms with Crippen molar-refractivity contribution in [3.05, 3.63) is 77.6 Å². The molecule has 1 fully saturated rings. The molecule has 0 atom stereocenters. The lowest BCUT2D eigenvalue weighted by atomic mass is 10.0. The number of nitrogens with zero attached hydrogens (tertiary/aromatic N) is 5. The van der Waals surface area contributed by atoms with Crippen LogP contribution in [0.2, 0.25) is 0 Å². The molecule has 4 aromatic rings. The Bertz CT molecular complexity index is 1520. The molecule has 0 spiro atoms. The summed E-state index contributed by atoms with van der Waals surface area (Å²) in [5.74, 6) is -1.19. The van der Waals surface area contributed by atoms with Crippen LogP contribution in [0.4, 0.5) is 23.4 Å². The number of carbonyl (C=O) groups excluding carboxylic acids is 1. The second-order valence-electron chi connectivity index (χ2n) is 10.8. The predicted octanol–water partition coefficient (Wildman–Crippen LogP) is 4.57. The molecule has 0 aliphatic heterocycles. The summed E-state index contributed by atoms with van der Waals surface area (Å²) in [6.45, 7) is 4.41. The van der Waals surface area contributed by atoms with Crippen molar-refractivity contribution in [1.82, 2.24) is 24.9 Å². The number of benzene rings is 1. The summed E-state index contributed by atoms with van der Waals surface area (Å²) in [5.41, 5.74) is 5.75. The first-order valence-corrected chi connectivity index (χ1v) is 12.6. The average Bonchev–Trinajstić information content (AvgIpc) is 3.39. The molecule has 40 heavy (non-hydrogen) atoms. The lowest BCUT2D eigenvalue weighted by Crippen LogP contribution is -2.37. The van der Waals surface area contributed by atoms with E-state index in [9.17, 15) is 22.4 Å². The van der Waals surface area contributed by atoms with Crippen LogP contribution in [0.15, 0.2) is 53.6 Å². The van der Waals surface area contributed by atoms with E-state index in [0.29, 0.717) is 29.9 Å². The topological polar surface area (TPSA) is 125 Å². The minimum Gasteiger partial charge on any atom is -0.358 e. The van der Waals surface area contributed by atoms with Gasteiger partial charge in [-0.15, -0.1) is 0 Å². The second kappa shape index (κ2) is 10.1. The summed E-state index contributed by atoms with van der Waals surface area (Å²) in [5, 5.41) is 10.2. The summed E-state index contributed by atoms with van der Waals surface area (Å²) >= 11 is 0. The van der Waals surface area contributed by atoms with Gasteiger partial charge >= 0.3 is 6.18 Å². The third-order valence-electron chi connectivity index (χ3n) is 6.60. The number of nitrogens with two attached hydrogens (primary N) is 1. The van der Waals surface area contributed by atoms with Crippen LogP contribution in [0.3, 0.4) is 0 Å². The maximum absolute atomic E-state index is 14.8. The van der Waals surface area contributed by atoms with Gasteiger partial charge in [0.1, 0.15) is 17.1 Å². The van der Waals surface area contributed by atoms with Gasteiger partial charge in [-0.25, -0.2) is 14.4 Å². The fourth-order valence-electron chi connectivity index (χ4n) is 4.36. The summed E-state index contributed by atoms with van der Waals surface area (Å²) in [6.07, 6.45) is 2.29. The molecular formula is C27H27F4N7O2. The van der Waals surface area contributed by atoms with Crippen LogP contribution in [-0.4, -0.2) is 42.5 Å². The molecule has 3 N–H and O–H groups in total. The van der Waals surface area contributed by atoms with Crippen LogP contribution in [-0.2, 0) is 29.6 Å². The van der Waals surface area contributed by atoms with Crippen LogP contribution in [0.5, 0.6) is 0 Å². The van der Waals surface area contributed by atoms with Crippen molar-refractivity contribution in [3.8, 4) is 11.1 Å². The molecule has 0 radical (unpaired) electrons. The Morgan fingerprint density at radius 2 is 1.85 bits per heavy atom. The molecule has 1 amide bonds. The van der Waals surface area contributed by atoms with Gasteiger partial charge in [0.05, 0.1) is 19.2 Å². The summed E-state index contributed by atoms with van der Waals surface area (Å²) in [4.78, 5) is 21.2. The number of alkyl halides is 3. The number of carbonyl (C=O) groups is 1. The molecule has 13 heteroatoms. The quantitative estimate of drug-likeness (QED) is 0.289. The Labute approximate surface area is 226 Å². The number of anilines is 1. The van der Waals surface area contributed by atoms with Gasteiger partial charge in [0.15, 0.2) is 11.6 Å². The lowest BCUT2D eigenvalue weighted by molar-refractivity contribution is -0.165. The fraction of sp³-hybridized carbons (Fsp3) is 0.370. The van der Waals surface area contributed by atoms with Crippen LogP contribution in [0.25, 0.3) is 11.1 Å². The highest BCUT2D eigenvalue weighted by Crippen LogP contribution is 2.59. The minimum atomic E-state index is -4.46. The first kappa shape index (κ1) is 27.4. The lowest BCUT2D eigenvalue weighted by Gasteiger charge is -2.17. The molecule has 3 heterocycles. The van der Waals surface area contributed by atoms with E-state index in [0.717, 1.165) is 11.6 Å². The SMILES string of the molecule is CC(C)(N)Cn1cc(Cc2ncc(-c3ccc(CC(=O)Nc4cc(C5(C(F)(F)F)CC5)on4)c(F)c3)cn2)cn1. The van der Waals surface area contributed by atoms with E-state index in [4.69, 9.17) is 10.3 Å². The van der Waals surface area contributed by atoms with Gasteiger partial charge in [0.25, 0.3) is 0 Å². The zero-order valence-electron chi connectivity index (χ0n) is 21.8. The van der Waals surface area contributed by atoms with E-state index in [1.54, 1.807) is 29.3 Å². The summed E-state index contributed by atoms with van der Waals surface area (Å²) in [6, 6.07) is 5.43. The number of aromatic nitrogens is 5. The molecule has 0 unspecified atom stereocenters. The monoisotopic (exact) mass is 557 g/mol. The van der Waals surface area contributed by atoms with E-state index in [2.05, 4.69) is 25.5 Å². The van der Waals surface area contributed by atoms with Crippen molar-refractivity contribution in [2.45, 2.75) is 63.2 Å². The van der Waals surface area contributed by atoms with E-state index >= 15 is 0 Å². The van der Waals surface area contributed by atoms with Gasteiger partial charge in [0.2, 0.25) is 5.91 Å². The molecule has 9 nitrogen and oxygen atoms in total. The standard InChI is InChI=1S/C27H27F4N7O2/c1-25(2,32)15-38-14-16(11-35-38)7-22-33-12-19(13-34-22)17-3-4-18(20(28)8-17)9-24(39)36-23-10-21(40-37-23)26(5-6-26)27(29,30)31/h3-4,8,10-14H,5-7,9,15,32H2,1-2H3,(H,36,37,39). The van der Waals surface area contributed by atoms with Crippen molar-refractivity contribution in [3.63, 3.8) is 0 Å². The fourth-order valence-corrected chi connectivity index (χ4v) is 4.36. The molecule has 210 valence electrons. The Hall–Kier alpha value is -4.13. The molecule has 0 saturated heterocycles. The number of hydrogen-bond acceptors (Lipinski definition) is 7. The highest BCUT2D eigenvalue weighted by Gasteiger charge is 2.66. The molecule has 1 aliphatic carbocycles. The van der Waals surface area contributed by atoms with Gasteiger partial charge in [-0.3, -0.25) is 9.48 Å². The van der Waals surface area contributed by atoms with Crippen molar-refractivity contribution in [1.29, 1.82) is 0 Å². The minimum absolute atomic E-state index is 0.0933. The van der Waals surface area contributed by atoms with Crippen molar-refractivity contribution in [2.24, 2.45) is 5.73 Å². The third-order valence-corrected chi connectivity index (χ3v) is 6.60. The highest BCUT2D eigenvalue weighted by molar-refractivity contribution is 5.91. The van der Waals surface area contributed by atoms with E-state index in [1.165, 1.54) is 12.1 Å². The van der Waals surface area contributed by atoms with E-state index < -0.39 is 28.9 Å². The second-order valence-corrected chi connectivity index (χ2v) is 10.8. The van der Waals surface area contributed by atoms with Gasteiger partial charge in [0, 0.05) is 42.2 Å². The summed E-state index contributed by atoms with van der Waals surface area (Å²) < 4.78 is 61.2. The number of hydrogen-bond donors (Lipinski definition) is 2. The van der Waals surface area contributed by atoms with E-state index in [-0.39, 0.29) is 36.4 Å². The predicted molar refractivity (Wildman–Crippen MR) is 137 cm³/mol. The molecule has 0 bridgehead atoms. The first-order valence-electron chi connectivity index (χ1n) is 12.6. The maximum atomic E-state index is 14.8. The molecule has 1 aromatic carbocycles. The maximum Gasteiger partial charge on any atom is 0.401 e. The normalized spacial score (nSPS) is 14.8. The Balaban J connectivity index is 1.19. The average molecular weight is 558 g/mol. The number of rotatable bonds is 9. The molecule has 1 saturated carbocycles. The molecule has 3 aromatic heterocycles. The zero-order valence-corrected chi connectivity index (χ0v) is 21.8. The van der Waals surface area contributed by atoms with Crippen LogP contribution in [0, 0.1) is 5.82 Å². The zero-order chi connectivity index (χ0) is 28.7. The Morgan fingerprint density at radius 1 is 1.12 bits per heavy atom. The number of nitrogens with one attached hydrogen (secondary N) is 1. The molecule has 5 rings (SSSR count). The largest absolute Gasteiger partial charge is 0.401 e. The van der Waals surface area contributed by atoms with Crippen molar-refractivity contribution in [2.75, 3.05) is 5.32 Å². The third kappa shape index (κ3) is 6.03. The summed E-state index contributed by atoms with van der Waals surface area (Å²) in [7, 11) is 0. The number of halogens is 4. The first-order chi connectivity index (χ1) is 18.8. The number of amides is 1. The van der Waals surface area contributed by atoms with Crippen LogP contribution < -0.4 is 11.1 Å². The van der Waals surface area contributed by atoms with E-state index in [1.807, 2.05) is 20.0 Å². The van der Waals surface area contributed by atoms with Gasteiger partial charge in [-0.05, 0) is 49.4 Å². The van der Waals surface area contributed by atoms with Crippen LogP contribution in [0.1, 0.15) is 49.4 Å². The van der Waals surface area contributed by atoms with Crippen LogP contribution >= 0.6 is 0 Å². The van der Waals surface area contributed by atoms with Crippen molar-refractivity contribution >= 4 is 11.7 Å². The Morgan fingerprint density at radius 3 is 2.48 bits per heavy atom. The van der Waals surface area contributed by atoms with Crippen molar-refractivity contribution < 1.29 is 26.9 Å². The molecular weight excluding hydrogens is 530 g/mol. The van der Waals surface area contributed by atoms with Gasteiger partial charge in [-0.2, -0.15) is 18.3 Å². The Kier molecular flexibility index (Phi) is 6.94. The highest BCUT2D eigenvalue weighted by atomic mass is 19.4. The van der Waals surface area contributed by atoms with Gasteiger partial charge < -0.3 is 15.6 Å². The molecule has 1 aliphatic rings. The smallest absolute Gasteiger partial charge is 0.358 e.